The van der Waals surface area contributed by atoms with Gasteiger partial charge in [0.1, 0.15) is 19.0 Å². The second kappa shape index (κ2) is 61.7. The zero-order valence-electron chi connectivity index (χ0n) is 76.6. The van der Waals surface area contributed by atoms with E-state index in [0.717, 1.165) is 86.0 Å². The minimum Gasteiger partial charge on any atom is -0.481 e. The van der Waals surface area contributed by atoms with Crippen LogP contribution in [0.3, 0.4) is 0 Å². The normalized spacial score (nSPS) is 18.9. The Morgan fingerprint density at radius 3 is 1.45 bits per heavy atom. The first-order valence-corrected chi connectivity index (χ1v) is 49.9. The number of ketones is 4. The molecular weight excluding hydrogens is 1760 g/mol. The number of ether oxygens (including phenoxy) is 8. The Hall–Kier alpha value is -8.13. The predicted molar refractivity (Wildman–Crippen MR) is 490 cm³/mol. The monoisotopic (exact) mass is 1900 g/mol. The number of carbonyl (C=O) groups excluding carboxylic acids is 11. The standard InChI is InChI=1S/C64H93N7O17S2.C27H48N4O9S/c1-42-34-43(2)61(45(4)44(42)3)90(82,83)70-53(55(74)37-49(62(78)71-25-12-5-13-26-71)35-46-19-21-47(22-20-46)52-39-59(77)88-69-52)38-50(72)15-6-8-17-58(76)66-24-27-84-28-29-85-30-31-86-32-33-87-40-51(73)36-48(63(79)80)14-10-11-23-65-57(75)18-9-7-16-56-60-54(41-89-56)67-64(81)68-60;28-8-10-37-11-12-38-13-14-39-15-16-40-18-21(32)17-20(26(34)35)5-3-4-9-29-24(33)7-2-1-6-23-25-22(19-41-23)30-27(36)31-25/h19-22,34,48-49,53-54,56,60,70H,5-18,23-33,35-41H2,1-4H3,(H,65,75)(H,66,76)(H,79,80)(H2,67,68,81);20,22-23,25H,1-19,28H2,(H,29,33)(H,34,35)(H2,30,31,36)/t48-,49+,53+,54+,56+,60+;20-,22+,23+,25+/m11/s1. The van der Waals surface area contributed by atoms with Crippen molar-refractivity contribution < 1.29 is 124 Å². The summed E-state index contributed by atoms with van der Waals surface area (Å²) in [6.45, 7) is 14.0. The van der Waals surface area contributed by atoms with Gasteiger partial charge in [0.05, 0.1) is 152 Å². The Morgan fingerprint density at radius 1 is 0.519 bits per heavy atom. The Bertz CT molecular complexity index is 4120. The van der Waals surface area contributed by atoms with Gasteiger partial charge in [-0.3, -0.25) is 47.9 Å². The number of carboxylic acid groups (broad SMARTS) is 2. The number of aryl methyl sites for hydroxylation is 2. The highest BCUT2D eigenvalue weighted by molar-refractivity contribution is 8.00. The first kappa shape index (κ1) is 110. The number of nitrogens with zero attached hydrogens (tertiary/aromatic N) is 2. The quantitative estimate of drug-likeness (QED) is 0.0202. The molecule has 6 aliphatic rings. The van der Waals surface area contributed by atoms with E-state index in [1.165, 1.54) is 0 Å². The van der Waals surface area contributed by atoms with E-state index in [1.54, 1.807) is 49.1 Å². The number of sulfonamides is 1. The first-order chi connectivity index (χ1) is 63.1. The fraction of sp³-hybridized carbons (Fsp3) is 0.714. The third-order valence-electron chi connectivity index (χ3n) is 23.6. The summed E-state index contributed by atoms with van der Waals surface area (Å²) in [7, 11) is -4.35. The molecule has 0 spiro atoms. The summed E-state index contributed by atoms with van der Waals surface area (Å²) in [6, 6.07) is 7.99. The van der Waals surface area contributed by atoms with Crippen molar-refractivity contribution in [2.24, 2.45) is 28.6 Å². The number of hydrogen-bond donors (Lipinski definition) is 11. The third kappa shape index (κ3) is 42.1. The van der Waals surface area contributed by atoms with Crippen molar-refractivity contribution in [3.8, 4) is 0 Å². The average Bonchev–Trinajstić information content (AvgIpc) is 1.78. The molecule has 6 aliphatic heterocycles. The second-order valence-corrected chi connectivity index (χ2v) is 38.1. The fourth-order valence-corrected chi connectivity index (χ4v) is 21.1. The van der Waals surface area contributed by atoms with Crippen LogP contribution in [0.1, 0.15) is 200 Å². The van der Waals surface area contributed by atoms with Crippen LogP contribution in [0.5, 0.6) is 0 Å². The molecule has 2 aromatic rings. The number of benzene rings is 2. The van der Waals surface area contributed by atoms with Crippen molar-refractivity contribution in [1.82, 2.24) is 46.8 Å². The van der Waals surface area contributed by atoms with Crippen molar-refractivity contribution in [3.63, 3.8) is 0 Å². The lowest BCUT2D eigenvalue weighted by atomic mass is 9.88. The van der Waals surface area contributed by atoms with Crippen LogP contribution in [-0.4, -0.2) is 303 Å². The van der Waals surface area contributed by atoms with Crippen LogP contribution in [0.25, 0.3) is 0 Å². The van der Waals surface area contributed by atoms with Crippen molar-refractivity contribution in [1.29, 1.82) is 0 Å². The van der Waals surface area contributed by atoms with E-state index in [-0.39, 0.29) is 200 Å². The molecule has 12 N–H and O–H groups in total. The molecule has 0 bridgehead atoms. The van der Waals surface area contributed by atoms with Crippen LogP contribution < -0.4 is 47.7 Å². The molecule has 5 saturated heterocycles. The minimum absolute atomic E-state index is 0.00938. The number of thioether (sulfide) groups is 2. The molecular formula is C91H141N11O26S3. The summed E-state index contributed by atoms with van der Waals surface area (Å²) in [4.78, 5) is 169. The Labute approximate surface area is 777 Å². The largest absolute Gasteiger partial charge is 0.481 e. The number of oxime groups is 1. The van der Waals surface area contributed by atoms with Gasteiger partial charge in [-0.1, -0.05) is 61.2 Å². The van der Waals surface area contributed by atoms with Gasteiger partial charge in [-0.05, 0) is 151 Å². The third-order valence-corrected chi connectivity index (χ3v) is 28.4. The van der Waals surface area contributed by atoms with Gasteiger partial charge < -0.3 is 101 Å². The van der Waals surface area contributed by atoms with E-state index in [1.807, 2.05) is 37.4 Å². The van der Waals surface area contributed by atoms with Gasteiger partial charge in [-0.2, -0.15) is 23.5 Å². The van der Waals surface area contributed by atoms with Gasteiger partial charge in [-0.15, -0.1) is 0 Å². The first-order valence-electron chi connectivity index (χ1n) is 46.4. The number of unbranched alkanes of at least 4 members (excludes halogenated alkanes) is 5. The summed E-state index contributed by atoms with van der Waals surface area (Å²) < 4.78 is 74.3. The summed E-state index contributed by atoms with van der Waals surface area (Å²) >= 11 is 3.72. The van der Waals surface area contributed by atoms with E-state index in [0.29, 0.717) is 169 Å². The summed E-state index contributed by atoms with van der Waals surface area (Å²) in [6.07, 6.45) is 11.8. The maximum atomic E-state index is 14.5. The van der Waals surface area contributed by atoms with E-state index in [9.17, 15) is 81.0 Å². The molecule has 734 valence electrons. The molecule has 10 atom stereocenters. The molecule has 6 heterocycles. The second-order valence-electron chi connectivity index (χ2n) is 33.9. The molecule has 0 aromatic heterocycles. The molecule has 2 aromatic carbocycles. The number of aliphatic carboxylic acids is 2. The molecule has 0 radical (unpaired) electrons. The number of carbonyl (C=O) groups is 13. The van der Waals surface area contributed by atoms with E-state index < -0.39 is 63.9 Å². The van der Waals surface area contributed by atoms with Crippen LogP contribution in [0.2, 0.25) is 0 Å². The van der Waals surface area contributed by atoms with Crippen LogP contribution >= 0.6 is 23.5 Å². The molecule has 40 heteroatoms. The van der Waals surface area contributed by atoms with Gasteiger partial charge >= 0.3 is 30.0 Å². The molecule has 5 fully saturated rings. The Morgan fingerprint density at radius 2 is 0.977 bits per heavy atom. The Kier molecular flexibility index (Phi) is 51.8. The van der Waals surface area contributed by atoms with Crippen molar-refractivity contribution in [2.45, 2.75) is 247 Å². The molecule has 131 heavy (non-hydrogen) atoms. The SMILES string of the molecule is Cc1cc(C)c(S(=O)(=O)N[C@@H](CC(=O)CCCCC(=O)NCCOCCOCCOCCOCC(=O)C[C@@H](CCCCNC(=O)CCCC[C@@H]2SC[C@@H]3NC(=O)N[C@@H]32)C(=O)O)C(=O)C[C@H](Cc2ccc(C3=NOC(=O)C3)cc2)C(=O)N2CCCCC2)c(C)c1C.NCCOCCOCCOCCOCC(=O)C[C@@H](CCCCNC(=O)CCCC[C@@H]1SC[C@@H]2NC(=O)N[C@@H]21)C(=O)O. The lowest BCUT2D eigenvalue weighted by Crippen LogP contribution is -2.46. The smallest absolute Gasteiger partial charge is 0.341 e. The van der Waals surface area contributed by atoms with Gasteiger partial charge in [0.15, 0.2) is 17.3 Å². The zero-order chi connectivity index (χ0) is 94.7. The maximum absolute atomic E-state index is 14.5. The summed E-state index contributed by atoms with van der Waals surface area (Å²) in [5, 5.41) is 44.1. The van der Waals surface area contributed by atoms with Gasteiger partial charge in [0.25, 0.3) is 0 Å². The average molecular weight is 1900 g/mol. The molecule has 8 rings (SSSR count). The highest BCUT2D eigenvalue weighted by Gasteiger charge is 2.44. The van der Waals surface area contributed by atoms with Crippen molar-refractivity contribution >= 4 is 116 Å². The Balaban J connectivity index is 0.000000477. The number of piperidine rings is 1. The van der Waals surface area contributed by atoms with Gasteiger partial charge in [0.2, 0.25) is 33.7 Å². The number of amides is 8. The van der Waals surface area contributed by atoms with Crippen LogP contribution in [0.15, 0.2) is 40.4 Å². The number of hydrogen-bond acceptors (Lipinski definition) is 28. The topological polar surface area (TPSA) is 517 Å². The molecule has 0 saturated carbocycles. The highest BCUT2D eigenvalue weighted by atomic mass is 32.2. The number of rotatable bonds is 70. The van der Waals surface area contributed by atoms with Gasteiger partial charge in [0, 0.05) is 119 Å². The molecule has 0 aliphatic carbocycles. The maximum Gasteiger partial charge on any atom is 0.341 e. The zero-order valence-corrected chi connectivity index (χ0v) is 79.1. The molecule has 0 unspecified atom stereocenters. The highest BCUT2D eigenvalue weighted by Crippen LogP contribution is 2.35. The number of nitrogens with two attached hydrogens (primary N) is 1. The number of Topliss-reactive ketones (excluding diaryl/α,β-unsaturated/α-hetero) is 4. The lowest BCUT2D eigenvalue weighted by molar-refractivity contribution is -0.145. The molecule has 37 nitrogen and oxygen atoms in total. The van der Waals surface area contributed by atoms with E-state index in [2.05, 4.69) is 47.1 Å². The summed E-state index contributed by atoms with van der Waals surface area (Å²) in [5.74, 6) is -5.19. The van der Waals surface area contributed by atoms with Crippen molar-refractivity contribution in [2.75, 3.05) is 156 Å². The lowest BCUT2D eigenvalue weighted by Gasteiger charge is -2.31. The number of nitrogens with one attached hydrogen (secondary N) is 8. The molecule has 8 amide bonds. The number of urea groups is 2. The fourth-order valence-electron chi connectivity index (χ4n) is 16.3. The number of carboxylic acids is 2. The number of likely N-dealkylation sites (tertiary alicyclic amines) is 1. The van der Waals surface area contributed by atoms with Crippen molar-refractivity contribution in [3.05, 3.63) is 63.7 Å². The minimum atomic E-state index is -4.35. The predicted octanol–water partition coefficient (Wildman–Crippen LogP) is 6.11. The number of fused-ring (bicyclic) bond motifs is 2. The van der Waals surface area contributed by atoms with Crippen LogP contribution in [-0.2, 0) is 112 Å². The summed E-state index contributed by atoms with van der Waals surface area (Å²) in [5.41, 5.74) is 9.92. The van der Waals surface area contributed by atoms with Crippen LogP contribution in [0.4, 0.5) is 9.59 Å². The van der Waals surface area contributed by atoms with Crippen LogP contribution in [0, 0.1) is 45.4 Å². The van der Waals surface area contributed by atoms with E-state index >= 15 is 0 Å². The van der Waals surface area contributed by atoms with Gasteiger partial charge in [-0.25, -0.2) is 27.5 Å². The van der Waals surface area contributed by atoms with E-state index in [4.69, 9.17) is 48.5 Å².